The van der Waals surface area contributed by atoms with Gasteiger partial charge >= 0.3 is 0 Å². The summed E-state index contributed by atoms with van der Waals surface area (Å²) in [6.45, 7) is 3.44. The average Bonchev–Trinajstić information content (AvgIpc) is 2.62. The second-order valence-electron chi connectivity index (χ2n) is 6.39. The number of ether oxygens (including phenoxy) is 2. The number of Topliss-reactive ketones (excluding diaryl/α,β-unsaturated/α-hetero) is 1. The molecule has 2 fully saturated rings. The van der Waals surface area contributed by atoms with E-state index in [1.165, 1.54) is 19.2 Å². The Morgan fingerprint density at radius 2 is 2.09 bits per heavy atom. The van der Waals surface area contributed by atoms with Crippen molar-refractivity contribution in [1.82, 2.24) is 4.90 Å². The van der Waals surface area contributed by atoms with E-state index in [1.807, 2.05) is 0 Å². The number of hydrogen-bond donors (Lipinski definition) is 0. The molecular weight excluding hydrogens is 297 g/mol. The molecule has 2 aliphatic rings. The average molecular weight is 321 g/mol. The summed E-state index contributed by atoms with van der Waals surface area (Å²) >= 11 is 0. The first-order chi connectivity index (χ1) is 11.2. The first-order valence-corrected chi connectivity index (χ1v) is 8.38. The quantitative estimate of drug-likeness (QED) is 0.799. The maximum absolute atomic E-state index is 13.8. The van der Waals surface area contributed by atoms with Gasteiger partial charge in [0.25, 0.3) is 0 Å². The highest BCUT2D eigenvalue weighted by molar-refractivity contribution is 5.98. The topological polar surface area (TPSA) is 38.8 Å². The third-order valence-electron chi connectivity index (χ3n) is 4.97. The number of hydrogen-bond acceptors (Lipinski definition) is 4. The van der Waals surface area contributed by atoms with Crippen molar-refractivity contribution < 1.29 is 18.7 Å². The third-order valence-corrected chi connectivity index (χ3v) is 4.97. The molecule has 4 nitrogen and oxygen atoms in total. The lowest BCUT2D eigenvalue weighted by molar-refractivity contribution is 0.0183. The van der Waals surface area contributed by atoms with Crippen LogP contribution in [0.3, 0.4) is 0 Å². The number of halogens is 1. The van der Waals surface area contributed by atoms with Crippen LogP contribution in [-0.2, 0) is 4.74 Å². The molecule has 0 aliphatic carbocycles. The van der Waals surface area contributed by atoms with Crippen molar-refractivity contribution in [2.45, 2.75) is 31.7 Å². The normalized spacial score (nSPS) is 23.7. The number of rotatable bonds is 4. The van der Waals surface area contributed by atoms with Crippen molar-refractivity contribution in [1.29, 1.82) is 0 Å². The molecule has 0 bridgehead atoms. The van der Waals surface area contributed by atoms with Gasteiger partial charge in [0, 0.05) is 37.3 Å². The molecule has 1 aromatic rings. The van der Waals surface area contributed by atoms with Crippen molar-refractivity contribution in [3.8, 4) is 5.75 Å². The lowest BCUT2D eigenvalue weighted by Gasteiger charge is -2.39. The predicted molar refractivity (Wildman–Crippen MR) is 85.4 cm³/mol. The molecule has 0 saturated carbocycles. The summed E-state index contributed by atoms with van der Waals surface area (Å²) in [5.41, 5.74) is 0.446. The number of nitrogens with zero attached hydrogens (tertiary/aromatic N) is 1. The van der Waals surface area contributed by atoms with Crippen molar-refractivity contribution in [2.75, 3.05) is 33.4 Å². The fraction of sp³-hybridized carbons (Fsp3) is 0.611. The van der Waals surface area contributed by atoms with Gasteiger partial charge < -0.3 is 9.47 Å². The minimum atomic E-state index is -0.476. The summed E-state index contributed by atoms with van der Waals surface area (Å²) in [5, 5.41) is 0. The number of carbonyl (C=O) groups is 1. The van der Waals surface area contributed by atoms with E-state index in [0.717, 1.165) is 52.0 Å². The number of piperidine rings is 1. The monoisotopic (exact) mass is 321 g/mol. The molecule has 0 aromatic heterocycles. The lowest BCUT2D eigenvalue weighted by Crippen LogP contribution is -2.46. The summed E-state index contributed by atoms with van der Waals surface area (Å²) in [7, 11) is 1.42. The molecule has 2 heterocycles. The van der Waals surface area contributed by atoms with E-state index in [9.17, 15) is 9.18 Å². The summed E-state index contributed by atoms with van der Waals surface area (Å²) in [4.78, 5) is 15.1. The van der Waals surface area contributed by atoms with Crippen LogP contribution in [0, 0.1) is 11.7 Å². The van der Waals surface area contributed by atoms with Crippen LogP contribution in [0.2, 0.25) is 0 Å². The Morgan fingerprint density at radius 3 is 2.78 bits per heavy atom. The van der Waals surface area contributed by atoms with Gasteiger partial charge in [0.05, 0.1) is 7.11 Å². The van der Waals surface area contributed by atoms with Gasteiger partial charge in [-0.15, -0.1) is 0 Å². The van der Waals surface area contributed by atoms with Crippen LogP contribution in [0.1, 0.15) is 36.0 Å². The molecule has 0 spiro atoms. The van der Waals surface area contributed by atoms with Crippen molar-refractivity contribution in [3.63, 3.8) is 0 Å². The molecule has 0 radical (unpaired) electrons. The number of benzene rings is 1. The molecule has 1 aromatic carbocycles. The van der Waals surface area contributed by atoms with Gasteiger partial charge in [-0.3, -0.25) is 9.69 Å². The predicted octanol–water partition coefficient (Wildman–Crippen LogP) is 2.91. The minimum absolute atomic E-state index is 0.0422. The van der Waals surface area contributed by atoms with E-state index >= 15 is 0 Å². The standard InChI is InChI=1S/C18H24FNO3/c1-22-17-5-4-13(11-16(17)19)18(21)14-3-2-8-20(12-14)15-6-9-23-10-7-15/h4-5,11,14-15H,2-3,6-10,12H2,1H3/t14-/m1/s1. The second kappa shape index (κ2) is 7.41. The van der Waals surface area contributed by atoms with Crippen molar-refractivity contribution in [3.05, 3.63) is 29.6 Å². The van der Waals surface area contributed by atoms with E-state index in [1.54, 1.807) is 6.07 Å². The van der Waals surface area contributed by atoms with Crippen molar-refractivity contribution >= 4 is 5.78 Å². The Kier molecular flexibility index (Phi) is 5.28. The molecule has 2 aliphatic heterocycles. The molecular formula is C18H24FNO3. The van der Waals surface area contributed by atoms with Gasteiger partial charge in [0.1, 0.15) is 0 Å². The first-order valence-electron chi connectivity index (χ1n) is 8.38. The molecule has 3 rings (SSSR count). The summed E-state index contributed by atoms with van der Waals surface area (Å²) in [5.74, 6) is -0.299. The van der Waals surface area contributed by atoms with E-state index < -0.39 is 5.82 Å². The molecule has 2 saturated heterocycles. The van der Waals surface area contributed by atoms with Crippen LogP contribution in [-0.4, -0.2) is 50.1 Å². The van der Waals surface area contributed by atoms with Gasteiger partial charge in [0.2, 0.25) is 0 Å². The number of carbonyl (C=O) groups excluding carboxylic acids is 1. The highest BCUT2D eigenvalue weighted by Gasteiger charge is 2.31. The summed E-state index contributed by atoms with van der Waals surface area (Å²) < 4.78 is 24.2. The minimum Gasteiger partial charge on any atom is -0.494 e. The highest BCUT2D eigenvalue weighted by Crippen LogP contribution is 2.27. The zero-order valence-corrected chi connectivity index (χ0v) is 13.6. The van der Waals surface area contributed by atoms with E-state index in [2.05, 4.69) is 4.90 Å². The van der Waals surface area contributed by atoms with Crippen LogP contribution in [0.15, 0.2) is 18.2 Å². The molecule has 126 valence electrons. The number of ketones is 1. The van der Waals surface area contributed by atoms with Gasteiger partial charge in [-0.2, -0.15) is 0 Å². The van der Waals surface area contributed by atoms with Gasteiger partial charge in [-0.1, -0.05) is 0 Å². The molecule has 0 amide bonds. The molecule has 23 heavy (non-hydrogen) atoms. The second-order valence-corrected chi connectivity index (χ2v) is 6.39. The van der Waals surface area contributed by atoms with Gasteiger partial charge in [0.15, 0.2) is 17.3 Å². The first kappa shape index (κ1) is 16.4. The van der Waals surface area contributed by atoms with E-state index in [-0.39, 0.29) is 17.5 Å². The molecule has 5 heteroatoms. The fourth-order valence-electron chi connectivity index (χ4n) is 3.66. The van der Waals surface area contributed by atoms with Crippen LogP contribution < -0.4 is 4.74 Å². The Balaban J connectivity index is 1.67. The summed E-state index contributed by atoms with van der Waals surface area (Å²) in [6.07, 6.45) is 3.98. The van der Waals surface area contributed by atoms with Crippen molar-refractivity contribution in [2.24, 2.45) is 5.92 Å². The van der Waals surface area contributed by atoms with Gasteiger partial charge in [-0.25, -0.2) is 4.39 Å². The van der Waals surface area contributed by atoms with Crippen LogP contribution in [0.5, 0.6) is 5.75 Å². The Bertz CT molecular complexity index is 557. The third kappa shape index (κ3) is 3.72. The maximum Gasteiger partial charge on any atom is 0.167 e. The summed E-state index contributed by atoms with van der Waals surface area (Å²) in [6, 6.07) is 5.01. The Hall–Kier alpha value is -1.46. The lowest BCUT2D eigenvalue weighted by atomic mass is 9.88. The van der Waals surface area contributed by atoms with E-state index in [4.69, 9.17) is 9.47 Å². The Labute approximate surface area is 136 Å². The molecule has 1 atom stereocenters. The van der Waals surface area contributed by atoms with E-state index in [0.29, 0.717) is 11.6 Å². The maximum atomic E-state index is 13.8. The number of methoxy groups -OCH3 is 1. The largest absolute Gasteiger partial charge is 0.494 e. The zero-order chi connectivity index (χ0) is 16.2. The van der Waals surface area contributed by atoms with Crippen LogP contribution >= 0.6 is 0 Å². The smallest absolute Gasteiger partial charge is 0.167 e. The highest BCUT2D eigenvalue weighted by atomic mass is 19.1. The molecule has 0 unspecified atom stereocenters. The Morgan fingerprint density at radius 1 is 1.30 bits per heavy atom. The van der Waals surface area contributed by atoms with Crippen LogP contribution in [0.25, 0.3) is 0 Å². The number of likely N-dealkylation sites (tertiary alicyclic amines) is 1. The van der Waals surface area contributed by atoms with Crippen LogP contribution in [0.4, 0.5) is 4.39 Å². The molecule has 0 N–H and O–H groups in total. The fourth-order valence-corrected chi connectivity index (χ4v) is 3.66. The SMILES string of the molecule is COc1ccc(C(=O)[C@@H]2CCCN(C3CCOCC3)C2)cc1F. The van der Waals surface area contributed by atoms with Gasteiger partial charge in [-0.05, 0) is 50.4 Å². The zero-order valence-electron chi connectivity index (χ0n) is 13.6.